The van der Waals surface area contributed by atoms with E-state index in [9.17, 15) is 0 Å². The molecule has 1 saturated carbocycles. The molecule has 1 saturated heterocycles. The van der Waals surface area contributed by atoms with Crippen LogP contribution in [0.25, 0.3) is 0 Å². The van der Waals surface area contributed by atoms with E-state index in [2.05, 4.69) is 11.4 Å². The highest BCUT2D eigenvalue weighted by atomic mass is 16.7. The summed E-state index contributed by atoms with van der Waals surface area (Å²) < 4.78 is 11.5. The molecule has 0 radical (unpaired) electrons. The first-order valence-corrected chi connectivity index (χ1v) is 7.56. The zero-order valence-electron chi connectivity index (χ0n) is 11.2. The lowest BCUT2D eigenvalue weighted by Gasteiger charge is -2.35. The number of hydrogen-bond donors (Lipinski definition) is 1. The van der Waals surface area contributed by atoms with Crippen molar-refractivity contribution in [1.29, 1.82) is 0 Å². The van der Waals surface area contributed by atoms with Crippen LogP contribution in [0.2, 0.25) is 0 Å². The lowest BCUT2D eigenvalue weighted by molar-refractivity contribution is -0.179. The maximum atomic E-state index is 5.76. The Hall–Kier alpha value is -0.380. The summed E-state index contributed by atoms with van der Waals surface area (Å²) in [4.78, 5) is 0. The second-order valence-corrected chi connectivity index (χ2v) is 5.84. The molecule has 3 nitrogen and oxygen atoms in total. The van der Waals surface area contributed by atoms with Crippen LogP contribution in [-0.4, -0.2) is 31.6 Å². The fourth-order valence-corrected chi connectivity index (χ4v) is 3.45. The topological polar surface area (TPSA) is 30.5 Å². The van der Waals surface area contributed by atoms with Gasteiger partial charge in [0.1, 0.15) is 0 Å². The highest BCUT2D eigenvalue weighted by Crippen LogP contribution is 2.35. The second-order valence-electron chi connectivity index (χ2n) is 5.84. The van der Waals surface area contributed by atoms with E-state index in [4.69, 9.17) is 9.47 Å². The van der Waals surface area contributed by atoms with Gasteiger partial charge in [-0.25, -0.2) is 0 Å². The van der Waals surface area contributed by atoms with E-state index in [0.29, 0.717) is 6.04 Å². The molecule has 1 heterocycles. The monoisotopic (exact) mass is 251 g/mol. The van der Waals surface area contributed by atoms with E-state index in [1.807, 2.05) is 0 Å². The minimum atomic E-state index is -0.202. The van der Waals surface area contributed by atoms with Gasteiger partial charge in [-0.15, -0.1) is 0 Å². The van der Waals surface area contributed by atoms with Crippen molar-refractivity contribution in [1.82, 2.24) is 5.32 Å². The number of ether oxygens (including phenoxy) is 2. The molecule has 0 aromatic heterocycles. The molecule has 2 fully saturated rings. The van der Waals surface area contributed by atoms with E-state index in [0.717, 1.165) is 32.6 Å². The van der Waals surface area contributed by atoms with Crippen LogP contribution < -0.4 is 5.32 Å². The van der Waals surface area contributed by atoms with E-state index in [1.54, 1.807) is 5.57 Å². The molecule has 3 aliphatic rings. The lowest BCUT2D eigenvalue weighted by atomic mass is 9.90. The maximum absolute atomic E-state index is 5.76. The van der Waals surface area contributed by atoms with Crippen LogP contribution in [0, 0.1) is 0 Å². The highest BCUT2D eigenvalue weighted by Gasteiger charge is 2.39. The SMILES string of the molecule is C1=C(CCNC2CCC3(CC2)OCCO3)CCC1. The minimum Gasteiger partial charge on any atom is -0.348 e. The molecule has 0 atom stereocenters. The Kier molecular flexibility index (Phi) is 4.02. The van der Waals surface area contributed by atoms with Crippen molar-refractivity contribution in [3.8, 4) is 0 Å². The summed E-state index contributed by atoms with van der Waals surface area (Å²) >= 11 is 0. The van der Waals surface area contributed by atoms with Crippen molar-refractivity contribution >= 4 is 0 Å². The Morgan fingerprint density at radius 3 is 2.67 bits per heavy atom. The minimum absolute atomic E-state index is 0.202. The van der Waals surface area contributed by atoms with Gasteiger partial charge in [0.2, 0.25) is 0 Å². The van der Waals surface area contributed by atoms with Gasteiger partial charge >= 0.3 is 0 Å². The molecule has 18 heavy (non-hydrogen) atoms. The van der Waals surface area contributed by atoms with Gasteiger partial charge in [-0.1, -0.05) is 11.6 Å². The first kappa shape index (κ1) is 12.6. The van der Waals surface area contributed by atoms with Crippen molar-refractivity contribution in [3.63, 3.8) is 0 Å². The summed E-state index contributed by atoms with van der Waals surface area (Å²) in [7, 11) is 0. The van der Waals surface area contributed by atoms with Crippen LogP contribution >= 0.6 is 0 Å². The van der Waals surface area contributed by atoms with E-state index in [-0.39, 0.29) is 5.79 Å². The van der Waals surface area contributed by atoms with Crippen molar-refractivity contribution in [2.45, 2.75) is 63.2 Å². The third kappa shape index (κ3) is 2.95. The maximum Gasteiger partial charge on any atom is 0.168 e. The van der Waals surface area contributed by atoms with Crippen molar-refractivity contribution in [3.05, 3.63) is 11.6 Å². The van der Waals surface area contributed by atoms with Crippen molar-refractivity contribution in [2.24, 2.45) is 0 Å². The van der Waals surface area contributed by atoms with Gasteiger partial charge in [-0.2, -0.15) is 0 Å². The van der Waals surface area contributed by atoms with E-state index < -0.39 is 0 Å². The molecule has 1 aliphatic heterocycles. The summed E-state index contributed by atoms with van der Waals surface area (Å²) in [6, 6.07) is 0.672. The normalized spacial score (nSPS) is 27.9. The first-order chi connectivity index (χ1) is 8.86. The Morgan fingerprint density at radius 2 is 2.00 bits per heavy atom. The third-order valence-electron chi connectivity index (χ3n) is 4.58. The van der Waals surface area contributed by atoms with Crippen LogP contribution in [-0.2, 0) is 9.47 Å². The molecule has 0 aromatic carbocycles. The van der Waals surface area contributed by atoms with Crippen LogP contribution in [0.15, 0.2) is 11.6 Å². The fourth-order valence-electron chi connectivity index (χ4n) is 3.45. The average Bonchev–Trinajstić information content (AvgIpc) is 3.04. The zero-order chi connectivity index (χ0) is 12.3. The second kappa shape index (κ2) is 5.72. The van der Waals surface area contributed by atoms with Crippen molar-refractivity contribution < 1.29 is 9.47 Å². The highest BCUT2D eigenvalue weighted by molar-refractivity contribution is 5.07. The average molecular weight is 251 g/mol. The summed E-state index contributed by atoms with van der Waals surface area (Å²) in [6.45, 7) is 2.71. The van der Waals surface area contributed by atoms with E-state index >= 15 is 0 Å². The lowest BCUT2D eigenvalue weighted by Crippen LogP contribution is -2.42. The molecular weight excluding hydrogens is 226 g/mol. The van der Waals surface area contributed by atoms with Crippen molar-refractivity contribution in [2.75, 3.05) is 19.8 Å². The Balaban J connectivity index is 1.35. The predicted molar refractivity (Wildman–Crippen MR) is 71.4 cm³/mol. The number of hydrogen-bond acceptors (Lipinski definition) is 3. The molecule has 1 N–H and O–H groups in total. The Morgan fingerprint density at radius 1 is 1.22 bits per heavy atom. The molecule has 0 amide bonds. The third-order valence-corrected chi connectivity index (χ3v) is 4.58. The van der Waals surface area contributed by atoms with Crippen LogP contribution in [0.4, 0.5) is 0 Å². The van der Waals surface area contributed by atoms with Gasteiger partial charge in [0, 0.05) is 18.9 Å². The summed E-state index contributed by atoms with van der Waals surface area (Å²) in [6.07, 6.45) is 12.2. The molecular formula is C15H25NO2. The molecule has 102 valence electrons. The van der Waals surface area contributed by atoms with Gasteiger partial charge in [-0.3, -0.25) is 0 Å². The summed E-state index contributed by atoms with van der Waals surface area (Å²) in [5, 5.41) is 3.70. The van der Waals surface area contributed by atoms with Gasteiger partial charge in [0.15, 0.2) is 5.79 Å². The van der Waals surface area contributed by atoms with E-state index in [1.165, 1.54) is 38.5 Å². The molecule has 0 bridgehead atoms. The van der Waals surface area contributed by atoms with Gasteiger partial charge in [0.05, 0.1) is 13.2 Å². The first-order valence-electron chi connectivity index (χ1n) is 7.56. The van der Waals surface area contributed by atoms with Crippen LogP contribution in [0.3, 0.4) is 0 Å². The van der Waals surface area contributed by atoms with Gasteiger partial charge in [0.25, 0.3) is 0 Å². The summed E-state index contributed by atoms with van der Waals surface area (Å²) in [5.41, 5.74) is 1.66. The quantitative estimate of drug-likeness (QED) is 0.779. The largest absolute Gasteiger partial charge is 0.348 e. The van der Waals surface area contributed by atoms with Crippen LogP contribution in [0.5, 0.6) is 0 Å². The summed E-state index contributed by atoms with van der Waals surface area (Å²) in [5.74, 6) is -0.202. The number of nitrogens with one attached hydrogen (secondary N) is 1. The Labute approximate surface area is 110 Å². The van der Waals surface area contributed by atoms with Gasteiger partial charge in [-0.05, 0) is 45.1 Å². The molecule has 0 aromatic rings. The van der Waals surface area contributed by atoms with Gasteiger partial charge < -0.3 is 14.8 Å². The Bertz CT molecular complexity index is 298. The smallest absolute Gasteiger partial charge is 0.168 e. The molecule has 3 rings (SSSR count). The number of rotatable bonds is 4. The molecule has 3 heteroatoms. The standard InChI is InChI=1S/C15H25NO2/c1-2-4-13(3-1)7-10-16-14-5-8-15(9-6-14)17-11-12-18-15/h3,14,16H,1-2,4-12H2. The fraction of sp³-hybridized carbons (Fsp3) is 0.867. The molecule has 1 spiro atoms. The van der Waals surface area contributed by atoms with Crippen LogP contribution in [0.1, 0.15) is 51.4 Å². The molecule has 0 unspecified atom stereocenters. The number of allylic oxidation sites excluding steroid dienone is 1. The predicted octanol–water partition coefficient (Wildman–Crippen LogP) is 2.76. The zero-order valence-corrected chi connectivity index (χ0v) is 11.2. The molecule has 2 aliphatic carbocycles.